The Bertz CT molecular complexity index is 836. The van der Waals surface area contributed by atoms with Gasteiger partial charge in [0.25, 0.3) is 0 Å². The van der Waals surface area contributed by atoms with Crippen molar-refractivity contribution in [2.45, 2.75) is 33.2 Å². The van der Waals surface area contributed by atoms with Gasteiger partial charge >= 0.3 is 0 Å². The van der Waals surface area contributed by atoms with Crippen molar-refractivity contribution < 1.29 is 4.79 Å². The highest BCUT2D eigenvalue weighted by molar-refractivity contribution is 5.77. The van der Waals surface area contributed by atoms with Gasteiger partial charge in [0.2, 0.25) is 5.91 Å². The van der Waals surface area contributed by atoms with Crippen molar-refractivity contribution in [3.8, 4) is 0 Å². The number of carbonyl (C=O) groups is 1. The molecule has 118 valence electrons. The lowest BCUT2D eigenvalue weighted by molar-refractivity contribution is -0.121. The number of fused-ring (bicyclic) bond motifs is 1. The Hall–Kier alpha value is -2.62. The fraction of sp³-hybridized carbons (Fsp3) is 0.263. The summed E-state index contributed by atoms with van der Waals surface area (Å²) in [7, 11) is 0. The van der Waals surface area contributed by atoms with Crippen molar-refractivity contribution in [3.63, 3.8) is 0 Å². The van der Waals surface area contributed by atoms with E-state index in [1.807, 2.05) is 12.1 Å². The van der Waals surface area contributed by atoms with Crippen LogP contribution in [0.4, 0.5) is 0 Å². The van der Waals surface area contributed by atoms with Gasteiger partial charge in [-0.3, -0.25) is 4.79 Å². The van der Waals surface area contributed by atoms with E-state index in [1.54, 1.807) is 6.33 Å². The third-order valence-corrected chi connectivity index (χ3v) is 4.19. The first-order valence-electron chi connectivity index (χ1n) is 7.86. The normalized spacial score (nSPS) is 10.9. The van der Waals surface area contributed by atoms with E-state index >= 15 is 0 Å². The molecule has 0 fully saturated rings. The first-order valence-corrected chi connectivity index (χ1v) is 7.86. The SMILES string of the molecule is Cc1ccc(CNC(=O)CCc2ccc3nc[nH]c3c2)cc1C. The molecule has 0 saturated heterocycles. The molecule has 1 aromatic heterocycles. The van der Waals surface area contributed by atoms with Crippen molar-refractivity contribution in [1.82, 2.24) is 15.3 Å². The minimum Gasteiger partial charge on any atom is -0.352 e. The highest BCUT2D eigenvalue weighted by Gasteiger charge is 2.04. The molecule has 0 aliphatic heterocycles. The Balaban J connectivity index is 1.51. The number of aryl methyl sites for hydroxylation is 3. The fourth-order valence-electron chi connectivity index (χ4n) is 2.60. The summed E-state index contributed by atoms with van der Waals surface area (Å²) in [5.74, 6) is 0.0768. The molecule has 0 saturated carbocycles. The number of imidazole rings is 1. The van der Waals surface area contributed by atoms with Gasteiger partial charge in [-0.15, -0.1) is 0 Å². The molecule has 4 heteroatoms. The van der Waals surface area contributed by atoms with Crippen LogP contribution in [-0.4, -0.2) is 15.9 Å². The van der Waals surface area contributed by atoms with Crippen LogP contribution < -0.4 is 5.32 Å². The van der Waals surface area contributed by atoms with Crippen molar-refractivity contribution >= 4 is 16.9 Å². The van der Waals surface area contributed by atoms with E-state index in [0.717, 1.165) is 28.6 Å². The molecule has 2 aromatic carbocycles. The van der Waals surface area contributed by atoms with E-state index < -0.39 is 0 Å². The van der Waals surface area contributed by atoms with E-state index in [1.165, 1.54) is 11.1 Å². The van der Waals surface area contributed by atoms with Crippen LogP contribution in [0.5, 0.6) is 0 Å². The van der Waals surface area contributed by atoms with Crippen LogP contribution in [0.3, 0.4) is 0 Å². The van der Waals surface area contributed by atoms with Gasteiger partial charge in [0.1, 0.15) is 0 Å². The maximum absolute atomic E-state index is 12.0. The third-order valence-electron chi connectivity index (χ3n) is 4.19. The summed E-state index contributed by atoms with van der Waals surface area (Å²) in [5.41, 5.74) is 6.77. The topological polar surface area (TPSA) is 57.8 Å². The molecule has 0 radical (unpaired) electrons. The molecule has 1 heterocycles. The Morgan fingerprint density at radius 1 is 1.09 bits per heavy atom. The molecule has 0 aliphatic rings. The number of amides is 1. The fourth-order valence-corrected chi connectivity index (χ4v) is 2.60. The summed E-state index contributed by atoms with van der Waals surface area (Å²) in [5, 5.41) is 2.99. The van der Waals surface area contributed by atoms with Crippen LogP contribution in [0.1, 0.15) is 28.7 Å². The molecule has 1 amide bonds. The summed E-state index contributed by atoms with van der Waals surface area (Å²) >= 11 is 0. The minimum absolute atomic E-state index is 0.0768. The summed E-state index contributed by atoms with van der Waals surface area (Å²) in [6, 6.07) is 12.3. The number of benzene rings is 2. The second kappa shape index (κ2) is 6.65. The molecule has 3 rings (SSSR count). The molecular formula is C19H21N3O. The van der Waals surface area contributed by atoms with Gasteiger partial charge in [0.15, 0.2) is 0 Å². The Labute approximate surface area is 136 Å². The van der Waals surface area contributed by atoms with Crippen LogP contribution in [0.15, 0.2) is 42.7 Å². The van der Waals surface area contributed by atoms with Gasteiger partial charge in [0, 0.05) is 13.0 Å². The lowest BCUT2D eigenvalue weighted by Crippen LogP contribution is -2.23. The second-order valence-electron chi connectivity index (χ2n) is 5.95. The number of aromatic nitrogens is 2. The van der Waals surface area contributed by atoms with Crippen molar-refractivity contribution in [2.24, 2.45) is 0 Å². The average Bonchev–Trinajstić information content (AvgIpc) is 3.01. The molecular weight excluding hydrogens is 286 g/mol. The van der Waals surface area contributed by atoms with E-state index in [0.29, 0.717) is 13.0 Å². The number of carbonyl (C=O) groups excluding carboxylic acids is 1. The van der Waals surface area contributed by atoms with Gasteiger partial charge < -0.3 is 10.3 Å². The molecule has 4 nitrogen and oxygen atoms in total. The number of H-pyrrole nitrogens is 1. The molecule has 3 aromatic rings. The lowest BCUT2D eigenvalue weighted by atomic mass is 10.1. The maximum Gasteiger partial charge on any atom is 0.220 e. The predicted octanol–water partition coefficient (Wildman–Crippen LogP) is 3.43. The smallest absolute Gasteiger partial charge is 0.220 e. The largest absolute Gasteiger partial charge is 0.352 e. The molecule has 0 atom stereocenters. The summed E-state index contributed by atoms with van der Waals surface area (Å²) in [4.78, 5) is 19.3. The number of nitrogens with zero attached hydrogens (tertiary/aromatic N) is 1. The van der Waals surface area contributed by atoms with E-state index in [-0.39, 0.29) is 5.91 Å². The number of aromatic amines is 1. The number of hydrogen-bond acceptors (Lipinski definition) is 2. The van der Waals surface area contributed by atoms with Gasteiger partial charge in [-0.2, -0.15) is 0 Å². The predicted molar refractivity (Wildman–Crippen MR) is 92.2 cm³/mol. The molecule has 23 heavy (non-hydrogen) atoms. The minimum atomic E-state index is 0.0768. The monoisotopic (exact) mass is 307 g/mol. The summed E-state index contributed by atoms with van der Waals surface area (Å²) < 4.78 is 0. The second-order valence-corrected chi connectivity index (χ2v) is 5.95. The zero-order valence-corrected chi connectivity index (χ0v) is 13.5. The van der Waals surface area contributed by atoms with E-state index in [4.69, 9.17) is 0 Å². The van der Waals surface area contributed by atoms with Crippen LogP contribution >= 0.6 is 0 Å². The quantitative estimate of drug-likeness (QED) is 0.758. The molecule has 0 spiro atoms. The Morgan fingerprint density at radius 2 is 1.91 bits per heavy atom. The maximum atomic E-state index is 12.0. The van der Waals surface area contributed by atoms with Gasteiger partial charge in [-0.1, -0.05) is 24.3 Å². The van der Waals surface area contributed by atoms with Crippen molar-refractivity contribution in [2.75, 3.05) is 0 Å². The van der Waals surface area contributed by atoms with Crippen molar-refractivity contribution in [3.05, 3.63) is 65.0 Å². The Kier molecular flexibility index (Phi) is 4.42. The number of nitrogens with one attached hydrogen (secondary N) is 2. The lowest BCUT2D eigenvalue weighted by Gasteiger charge is -2.08. The zero-order valence-electron chi connectivity index (χ0n) is 13.5. The summed E-state index contributed by atoms with van der Waals surface area (Å²) in [6.07, 6.45) is 2.91. The van der Waals surface area contributed by atoms with Crippen LogP contribution in [0.2, 0.25) is 0 Å². The molecule has 0 aliphatic carbocycles. The van der Waals surface area contributed by atoms with E-state index in [9.17, 15) is 4.79 Å². The van der Waals surface area contributed by atoms with Crippen molar-refractivity contribution in [1.29, 1.82) is 0 Å². The highest BCUT2D eigenvalue weighted by atomic mass is 16.1. The standard InChI is InChI=1S/C19H21N3O/c1-13-3-4-16(9-14(13)2)11-20-19(23)8-6-15-5-7-17-18(10-15)22-12-21-17/h3-5,7,9-10,12H,6,8,11H2,1-2H3,(H,20,23)(H,21,22). The average molecular weight is 307 g/mol. The zero-order chi connectivity index (χ0) is 16.2. The van der Waals surface area contributed by atoms with Crippen LogP contribution in [0, 0.1) is 13.8 Å². The summed E-state index contributed by atoms with van der Waals surface area (Å²) in [6.45, 7) is 4.76. The van der Waals surface area contributed by atoms with E-state index in [2.05, 4.69) is 53.4 Å². The van der Waals surface area contributed by atoms with Gasteiger partial charge in [-0.05, 0) is 54.7 Å². The first kappa shape index (κ1) is 15.3. The van der Waals surface area contributed by atoms with Gasteiger partial charge in [-0.25, -0.2) is 4.98 Å². The van der Waals surface area contributed by atoms with Crippen LogP contribution in [-0.2, 0) is 17.8 Å². The number of rotatable bonds is 5. The Morgan fingerprint density at radius 3 is 2.74 bits per heavy atom. The first-order chi connectivity index (χ1) is 11.1. The van der Waals surface area contributed by atoms with Gasteiger partial charge in [0.05, 0.1) is 17.4 Å². The van der Waals surface area contributed by atoms with Crippen LogP contribution in [0.25, 0.3) is 11.0 Å². The third kappa shape index (κ3) is 3.77. The molecule has 0 unspecified atom stereocenters. The molecule has 2 N–H and O–H groups in total. The highest BCUT2D eigenvalue weighted by Crippen LogP contribution is 2.13. The number of hydrogen-bond donors (Lipinski definition) is 2. The molecule has 0 bridgehead atoms.